The van der Waals surface area contributed by atoms with Gasteiger partial charge in [0.25, 0.3) is 0 Å². The van der Waals surface area contributed by atoms with Gasteiger partial charge in [-0.2, -0.15) is 0 Å². The van der Waals surface area contributed by atoms with Crippen molar-refractivity contribution in [1.82, 2.24) is 30.3 Å². The number of hydrogen-bond acceptors (Lipinski definition) is 8. The van der Waals surface area contributed by atoms with E-state index in [1.165, 1.54) is 0 Å². The van der Waals surface area contributed by atoms with Crippen LogP contribution in [0.3, 0.4) is 0 Å². The first kappa shape index (κ1) is 26.8. The maximum absolute atomic E-state index is 13.8. The Morgan fingerprint density at radius 2 is 1.88 bits per heavy atom. The highest BCUT2D eigenvalue weighted by molar-refractivity contribution is 6.13. The van der Waals surface area contributed by atoms with Crippen molar-refractivity contribution in [3.8, 4) is 16.9 Å². The third-order valence-corrected chi connectivity index (χ3v) is 7.93. The summed E-state index contributed by atoms with van der Waals surface area (Å²) in [4.78, 5) is 29.0. The second kappa shape index (κ2) is 10.9. The molecule has 212 valence electrons. The zero-order valence-electron chi connectivity index (χ0n) is 24.0. The van der Waals surface area contributed by atoms with E-state index in [1.807, 2.05) is 63.2 Å². The molecule has 6 rings (SSSR count). The van der Waals surface area contributed by atoms with Crippen LogP contribution in [0.4, 0.5) is 5.82 Å². The molecule has 5 aromatic rings. The van der Waals surface area contributed by atoms with E-state index in [0.29, 0.717) is 23.0 Å². The van der Waals surface area contributed by atoms with Crippen LogP contribution in [0.25, 0.3) is 33.1 Å². The van der Waals surface area contributed by atoms with Crippen LogP contribution in [-0.4, -0.2) is 64.2 Å². The zero-order valence-corrected chi connectivity index (χ0v) is 24.0. The van der Waals surface area contributed by atoms with Crippen LogP contribution in [0.5, 0.6) is 5.75 Å². The van der Waals surface area contributed by atoms with Crippen LogP contribution in [0, 0.1) is 20.8 Å². The standard InChI is InChI=1S/C31H35N7O3/c1-17-26(18(2)41-37-17)23-15-24-22(16-25(23)40-5)27-29(35-24)32-19(3)33-30(27)36-28(20-9-7-6-8-10-20)31(39)34-21-11-13-38(4)14-12-21/h6-10,15-16,21,28H,11-14H2,1-5H3,(H,34,39)(H2,32,33,35,36)/t28-/m0/s1. The van der Waals surface area contributed by atoms with Gasteiger partial charge in [-0.15, -0.1) is 0 Å². The van der Waals surface area contributed by atoms with Crippen LogP contribution in [0.2, 0.25) is 0 Å². The Bertz CT molecular complexity index is 1700. The summed E-state index contributed by atoms with van der Waals surface area (Å²) in [7, 11) is 3.76. The second-order valence-electron chi connectivity index (χ2n) is 10.8. The molecule has 1 atom stereocenters. The maximum Gasteiger partial charge on any atom is 0.247 e. The molecule has 1 fully saturated rings. The number of anilines is 1. The maximum atomic E-state index is 13.8. The monoisotopic (exact) mass is 553 g/mol. The minimum Gasteiger partial charge on any atom is -0.496 e. The number of aryl methyl sites for hydroxylation is 3. The fourth-order valence-corrected chi connectivity index (χ4v) is 5.79. The van der Waals surface area contributed by atoms with E-state index in [9.17, 15) is 4.79 Å². The molecule has 1 aliphatic heterocycles. The average molecular weight is 554 g/mol. The molecule has 3 N–H and O–H groups in total. The lowest BCUT2D eigenvalue weighted by Crippen LogP contribution is -2.46. The number of benzene rings is 2. The molecule has 2 aromatic carbocycles. The van der Waals surface area contributed by atoms with Crippen molar-refractivity contribution in [2.75, 3.05) is 32.6 Å². The topological polar surface area (TPSA) is 121 Å². The van der Waals surface area contributed by atoms with Gasteiger partial charge in [-0.25, -0.2) is 9.97 Å². The summed E-state index contributed by atoms with van der Waals surface area (Å²) in [6, 6.07) is 13.3. The SMILES string of the molecule is COc1cc2c(cc1-c1c(C)noc1C)[nH]c1nc(C)nc(N[C@H](C(=O)NC3CCN(C)CC3)c3ccccc3)c12. The van der Waals surface area contributed by atoms with Gasteiger partial charge in [-0.05, 0) is 71.4 Å². The number of hydrogen-bond donors (Lipinski definition) is 3. The fraction of sp³-hybridized carbons (Fsp3) is 0.355. The molecular weight excluding hydrogens is 518 g/mol. The number of aromatic amines is 1. The van der Waals surface area contributed by atoms with Gasteiger partial charge in [-0.3, -0.25) is 4.79 Å². The van der Waals surface area contributed by atoms with Crippen molar-refractivity contribution >= 4 is 33.7 Å². The second-order valence-corrected chi connectivity index (χ2v) is 10.8. The van der Waals surface area contributed by atoms with Crippen molar-refractivity contribution in [2.45, 2.75) is 45.7 Å². The Balaban J connectivity index is 1.44. The summed E-state index contributed by atoms with van der Waals surface area (Å²) >= 11 is 0. The predicted molar refractivity (Wildman–Crippen MR) is 159 cm³/mol. The Labute approximate surface area is 238 Å². The van der Waals surface area contributed by atoms with Crippen molar-refractivity contribution < 1.29 is 14.1 Å². The van der Waals surface area contributed by atoms with Gasteiger partial charge in [-0.1, -0.05) is 35.5 Å². The summed E-state index contributed by atoms with van der Waals surface area (Å²) in [5, 5.41) is 12.6. The third kappa shape index (κ3) is 5.11. The number of fused-ring (bicyclic) bond motifs is 3. The van der Waals surface area contributed by atoms with E-state index in [2.05, 4.69) is 32.7 Å². The number of methoxy groups -OCH3 is 1. The molecule has 10 nitrogen and oxygen atoms in total. The smallest absolute Gasteiger partial charge is 0.247 e. The highest BCUT2D eigenvalue weighted by Crippen LogP contribution is 2.41. The molecule has 0 aliphatic carbocycles. The number of aromatic nitrogens is 4. The van der Waals surface area contributed by atoms with Crippen molar-refractivity contribution in [3.05, 3.63) is 65.3 Å². The molecule has 41 heavy (non-hydrogen) atoms. The van der Waals surface area contributed by atoms with Crippen LogP contribution < -0.4 is 15.4 Å². The van der Waals surface area contributed by atoms with Gasteiger partial charge >= 0.3 is 0 Å². The molecule has 3 aromatic heterocycles. The summed E-state index contributed by atoms with van der Waals surface area (Å²) in [5.74, 6) is 2.49. The van der Waals surface area contributed by atoms with Crippen LogP contribution in [0.15, 0.2) is 47.0 Å². The number of H-pyrrole nitrogens is 1. The van der Waals surface area contributed by atoms with Crippen LogP contribution in [0.1, 0.15) is 41.7 Å². The van der Waals surface area contributed by atoms with Gasteiger partial charge in [0, 0.05) is 22.5 Å². The Hall–Kier alpha value is -4.44. The highest BCUT2D eigenvalue weighted by Gasteiger charge is 2.27. The first-order chi connectivity index (χ1) is 19.8. The van der Waals surface area contributed by atoms with Crippen LogP contribution in [-0.2, 0) is 4.79 Å². The minimum absolute atomic E-state index is 0.0757. The summed E-state index contributed by atoms with van der Waals surface area (Å²) < 4.78 is 11.3. The molecule has 10 heteroatoms. The normalized spacial score (nSPS) is 15.3. The lowest BCUT2D eigenvalue weighted by atomic mass is 10.0. The van der Waals surface area contributed by atoms with Gasteiger partial charge in [0.05, 0.1) is 23.8 Å². The summed E-state index contributed by atoms with van der Waals surface area (Å²) in [6.45, 7) is 7.59. The third-order valence-electron chi connectivity index (χ3n) is 7.93. The first-order valence-corrected chi connectivity index (χ1v) is 13.9. The van der Waals surface area contributed by atoms with E-state index in [4.69, 9.17) is 19.2 Å². The van der Waals surface area contributed by atoms with Gasteiger partial charge in [0.1, 0.15) is 34.8 Å². The largest absolute Gasteiger partial charge is 0.496 e. The van der Waals surface area contributed by atoms with Crippen molar-refractivity contribution in [1.29, 1.82) is 0 Å². The number of carbonyl (C=O) groups excluding carboxylic acids is 1. The molecule has 0 spiro atoms. The van der Waals surface area contributed by atoms with E-state index in [1.54, 1.807) is 7.11 Å². The van der Waals surface area contributed by atoms with E-state index in [-0.39, 0.29) is 11.9 Å². The van der Waals surface area contributed by atoms with Crippen molar-refractivity contribution in [3.63, 3.8) is 0 Å². The van der Waals surface area contributed by atoms with E-state index in [0.717, 1.165) is 70.4 Å². The summed E-state index contributed by atoms with van der Waals surface area (Å²) in [5.41, 5.74) is 4.97. The van der Waals surface area contributed by atoms with E-state index >= 15 is 0 Å². The van der Waals surface area contributed by atoms with Gasteiger partial charge in [0.2, 0.25) is 5.91 Å². The number of amides is 1. The number of rotatable bonds is 7. The Kier molecular flexibility index (Phi) is 7.08. The number of likely N-dealkylation sites (tertiary alicyclic amines) is 1. The van der Waals surface area contributed by atoms with E-state index < -0.39 is 6.04 Å². The quantitative estimate of drug-likeness (QED) is 0.256. The molecule has 1 saturated heterocycles. The number of nitrogens with zero attached hydrogens (tertiary/aromatic N) is 4. The molecule has 0 unspecified atom stereocenters. The lowest BCUT2D eigenvalue weighted by Gasteiger charge is -2.31. The molecule has 1 aliphatic rings. The fourth-order valence-electron chi connectivity index (χ4n) is 5.79. The molecule has 0 radical (unpaired) electrons. The molecule has 4 heterocycles. The average Bonchev–Trinajstić information content (AvgIpc) is 3.49. The Morgan fingerprint density at radius 3 is 2.56 bits per heavy atom. The molecule has 0 bridgehead atoms. The number of ether oxygens (including phenoxy) is 1. The number of nitrogens with one attached hydrogen (secondary N) is 3. The molecule has 0 saturated carbocycles. The minimum atomic E-state index is -0.637. The zero-order chi connectivity index (χ0) is 28.7. The highest BCUT2D eigenvalue weighted by atomic mass is 16.5. The van der Waals surface area contributed by atoms with Gasteiger partial charge < -0.3 is 29.8 Å². The summed E-state index contributed by atoms with van der Waals surface area (Å²) in [6.07, 6.45) is 1.85. The predicted octanol–water partition coefficient (Wildman–Crippen LogP) is 5.06. The van der Waals surface area contributed by atoms with Crippen LogP contribution >= 0.6 is 0 Å². The molecular formula is C31H35N7O3. The van der Waals surface area contributed by atoms with Crippen molar-refractivity contribution in [2.24, 2.45) is 0 Å². The lowest BCUT2D eigenvalue weighted by molar-refractivity contribution is -0.123. The molecule has 1 amide bonds. The van der Waals surface area contributed by atoms with Gasteiger partial charge in [0.15, 0.2) is 0 Å². The number of piperidine rings is 1. The Morgan fingerprint density at radius 1 is 1.12 bits per heavy atom. The number of carbonyl (C=O) groups is 1. The first-order valence-electron chi connectivity index (χ1n) is 13.9.